The average molecular weight is 498 g/mol. The molecule has 180 valence electrons. The summed E-state index contributed by atoms with van der Waals surface area (Å²) >= 11 is 6.14. The van der Waals surface area contributed by atoms with Crippen LogP contribution in [0, 0.1) is 18.7 Å². The summed E-state index contributed by atoms with van der Waals surface area (Å²) in [6, 6.07) is 4.68. The Bertz CT molecular complexity index is 1080. The van der Waals surface area contributed by atoms with Crippen LogP contribution in [0.25, 0.3) is 0 Å². The van der Waals surface area contributed by atoms with Gasteiger partial charge in [-0.05, 0) is 31.9 Å². The minimum atomic E-state index is -3.65. The van der Waals surface area contributed by atoms with Gasteiger partial charge in [0.05, 0.1) is 0 Å². The third kappa shape index (κ3) is 5.08. The third-order valence-electron chi connectivity index (χ3n) is 6.62. The Labute approximate surface area is 199 Å². The molecule has 3 heterocycles. The van der Waals surface area contributed by atoms with Crippen LogP contribution in [0.4, 0.5) is 4.39 Å². The molecule has 2 fully saturated rings. The fourth-order valence-corrected chi connectivity index (χ4v) is 6.14. The summed E-state index contributed by atoms with van der Waals surface area (Å²) < 4.78 is 42.9. The fourth-order valence-electron chi connectivity index (χ4n) is 4.42. The molecule has 2 aliphatic rings. The zero-order chi connectivity index (χ0) is 23.8. The van der Waals surface area contributed by atoms with E-state index < -0.39 is 10.0 Å². The van der Waals surface area contributed by atoms with Crippen molar-refractivity contribution < 1.29 is 17.6 Å². The molecule has 0 unspecified atom stereocenters. The first-order valence-electron chi connectivity index (χ1n) is 11.1. The number of nitrogens with zero attached hydrogens (tertiary/aromatic N) is 5. The molecule has 0 atom stereocenters. The Balaban J connectivity index is 1.29. The van der Waals surface area contributed by atoms with Gasteiger partial charge in [-0.25, -0.2) is 17.8 Å². The number of carbonyl (C=O) groups is 1. The molecule has 1 aromatic carbocycles. The number of rotatable bonds is 5. The lowest BCUT2D eigenvalue weighted by Crippen LogP contribution is -2.51. The van der Waals surface area contributed by atoms with E-state index in [9.17, 15) is 17.6 Å². The van der Waals surface area contributed by atoms with E-state index in [1.807, 2.05) is 4.90 Å². The van der Waals surface area contributed by atoms with Crippen LogP contribution in [-0.4, -0.2) is 77.2 Å². The number of sulfonamides is 1. The highest BCUT2D eigenvalue weighted by Gasteiger charge is 2.35. The molecule has 11 heteroatoms. The van der Waals surface area contributed by atoms with Gasteiger partial charge in [-0.3, -0.25) is 9.69 Å². The monoisotopic (exact) mass is 497 g/mol. The van der Waals surface area contributed by atoms with Crippen LogP contribution in [0.1, 0.15) is 24.2 Å². The highest BCUT2D eigenvalue weighted by molar-refractivity contribution is 7.89. The first-order valence-corrected chi connectivity index (χ1v) is 12.9. The lowest BCUT2D eigenvalue weighted by Gasteiger charge is -2.38. The van der Waals surface area contributed by atoms with Crippen LogP contribution < -0.4 is 0 Å². The molecular weight excluding hydrogens is 469 g/mol. The molecule has 2 saturated heterocycles. The van der Waals surface area contributed by atoms with Gasteiger partial charge < -0.3 is 9.47 Å². The third-order valence-corrected chi connectivity index (χ3v) is 8.75. The summed E-state index contributed by atoms with van der Waals surface area (Å²) in [7, 11) is -1.89. The van der Waals surface area contributed by atoms with E-state index in [-0.39, 0.29) is 22.7 Å². The van der Waals surface area contributed by atoms with Crippen LogP contribution in [0.3, 0.4) is 0 Å². The maximum atomic E-state index is 14.1. The van der Waals surface area contributed by atoms with Crippen molar-refractivity contribution in [3.05, 3.63) is 46.6 Å². The number of benzene rings is 1. The van der Waals surface area contributed by atoms with E-state index in [0.29, 0.717) is 75.1 Å². The standard InChI is InChI=1S/C22H29ClFN5O3S/c1-16-25-21(15-26(16)2)33(31,32)29-8-6-17(7-9-29)22(30)28-12-10-27(11-13-28)14-18-19(23)4-3-5-20(18)24/h3-5,15,17H,6-14H2,1-2H3. The quantitative estimate of drug-likeness (QED) is 0.633. The molecule has 0 saturated carbocycles. The van der Waals surface area contributed by atoms with Gasteiger partial charge in [-0.2, -0.15) is 4.31 Å². The summed E-state index contributed by atoms with van der Waals surface area (Å²) in [6.45, 7) is 5.20. The predicted molar refractivity (Wildman–Crippen MR) is 123 cm³/mol. The number of imidazole rings is 1. The number of piperidine rings is 1. The van der Waals surface area contributed by atoms with Gasteiger partial charge in [0.1, 0.15) is 11.6 Å². The second-order valence-corrected chi connectivity index (χ2v) is 11.0. The number of hydrogen-bond acceptors (Lipinski definition) is 5. The number of halogens is 2. The van der Waals surface area contributed by atoms with Crippen molar-refractivity contribution in [3.8, 4) is 0 Å². The average Bonchev–Trinajstić information content (AvgIpc) is 3.15. The molecule has 2 aromatic rings. The fraction of sp³-hybridized carbons (Fsp3) is 0.545. The first-order chi connectivity index (χ1) is 15.7. The number of piperazine rings is 1. The van der Waals surface area contributed by atoms with Crippen molar-refractivity contribution in [2.45, 2.75) is 31.3 Å². The van der Waals surface area contributed by atoms with Crippen molar-refractivity contribution in [1.82, 2.24) is 23.7 Å². The molecule has 0 N–H and O–H groups in total. The summed E-state index contributed by atoms with van der Waals surface area (Å²) in [4.78, 5) is 21.1. The van der Waals surface area contributed by atoms with Gasteiger partial charge in [0.25, 0.3) is 10.0 Å². The summed E-state index contributed by atoms with van der Waals surface area (Å²) in [5.74, 6) is 0.206. The highest BCUT2D eigenvalue weighted by atomic mass is 35.5. The van der Waals surface area contributed by atoms with E-state index >= 15 is 0 Å². The van der Waals surface area contributed by atoms with Crippen molar-refractivity contribution >= 4 is 27.5 Å². The second-order valence-electron chi connectivity index (χ2n) is 8.72. The maximum absolute atomic E-state index is 14.1. The molecule has 2 aliphatic heterocycles. The topological polar surface area (TPSA) is 78.8 Å². The van der Waals surface area contributed by atoms with Crippen LogP contribution in [0.15, 0.2) is 29.4 Å². The Kier molecular flexibility index (Phi) is 7.09. The number of hydrogen-bond donors (Lipinski definition) is 0. The Morgan fingerprint density at radius 3 is 2.39 bits per heavy atom. The molecule has 4 rings (SSSR count). The van der Waals surface area contributed by atoms with Crippen LogP contribution in [0.2, 0.25) is 5.02 Å². The van der Waals surface area contributed by atoms with E-state index in [4.69, 9.17) is 11.6 Å². The zero-order valence-electron chi connectivity index (χ0n) is 18.9. The lowest BCUT2D eigenvalue weighted by molar-refractivity contribution is -0.138. The predicted octanol–water partition coefficient (Wildman–Crippen LogP) is 2.27. The minimum absolute atomic E-state index is 0.0540. The van der Waals surface area contributed by atoms with E-state index in [2.05, 4.69) is 9.88 Å². The van der Waals surface area contributed by atoms with Gasteiger partial charge in [0.2, 0.25) is 5.91 Å². The van der Waals surface area contributed by atoms with Crippen molar-refractivity contribution in [3.63, 3.8) is 0 Å². The normalized spacial score (nSPS) is 19.2. The van der Waals surface area contributed by atoms with Gasteiger partial charge in [-0.15, -0.1) is 0 Å². The smallest absolute Gasteiger partial charge is 0.262 e. The van der Waals surface area contributed by atoms with Gasteiger partial charge in [-0.1, -0.05) is 17.7 Å². The van der Waals surface area contributed by atoms with Crippen molar-refractivity contribution in [2.75, 3.05) is 39.3 Å². The maximum Gasteiger partial charge on any atom is 0.262 e. The van der Waals surface area contributed by atoms with E-state index in [0.717, 1.165) is 0 Å². The molecule has 0 bridgehead atoms. The summed E-state index contributed by atoms with van der Waals surface area (Å²) in [5.41, 5.74) is 0.482. The van der Waals surface area contributed by atoms with Crippen molar-refractivity contribution in [2.24, 2.45) is 13.0 Å². The number of aryl methyl sites for hydroxylation is 2. The summed E-state index contributed by atoms with van der Waals surface area (Å²) in [5, 5.41) is 0.467. The first kappa shape index (κ1) is 24.1. The molecular formula is C22H29ClFN5O3S. The molecule has 0 aliphatic carbocycles. The van der Waals surface area contributed by atoms with Crippen LogP contribution in [0.5, 0.6) is 0 Å². The minimum Gasteiger partial charge on any atom is -0.340 e. The Hall–Kier alpha value is -2.01. The molecule has 0 spiro atoms. The van der Waals surface area contributed by atoms with Crippen molar-refractivity contribution in [1.29, 1.82) is 0 Å². The lowest BCUT2D eigenvalue weighted by atomic mass is 9.96. The largest absolute Gasteiger partial charge is 0.340 e. The molecule has 33 heavy (non-hydrogen) atoms. The van der Waals surface area contributed by atoms with E-state index in [1.165, 1.54) is 16.6 Å². The number of aromatic nitrogens is 2. The second kappa shape index (κ2) is 9.69. The number of amides is 1. The molecule has 0 radical (unpaired) electrons. The van der Waals surface area contributed by atoms with E-state index in [1.54, 1.807) is 30.7 Å². The Morgan fingerprint density at radius 2 is 1.82 bits per heavy atom. The molecule has 1 aromatic heterocycles. The highest BCUT2D eigenvalue weighted by Crippen LogP contribution is 2.26. The van der Waals surface area contributed by atoms with Gasteiger partial charge in [0.15, 0.2) is 5.03 Å². The SMILES string of the molecule is Cc1nc(S(=O)(=O)N2CCC(C(=O)N3CCN(Cc4c(F)cccc4Cl)CC3)CC2)cn1C. The van der Waals surface area contributed by atoms with Crippen LogP contribution >= 0.6 is 11.6 Å². The molecule has 8 nitrogen and oxygen atoms in total. The molecule has 1 amide bonds. The van der Waals surface area contributed by atoms with Gasteiger partial charge >= 0.3 is 0 Å². The number of carbonyl (C=O) groups excluding carboxylic acids is 1. The Morgan fingerprint density at radius 1 is 1.15 bits per heavy atom. The van der Waals surface area contributed by atoms with Gasteiger partial charge in [0, 0.05) is 75.6 Å². The van der Waals surface area contributed by atoms with Crippen LogP contribution in [-0.2, 0) is 28.4 Å². The summed E-state index contributed by atoms with van der Waals surface area (Å²) in [6.07, 6.45) is 2.51. The zero-order valence-corrected chi connectivity index (χ0v) is 20.4.